The normalized spacial score (nSPS) is 29.2. The van der Waals surface area contributed by atoms with Crippen LogP contribution < -0.4 is 0 Å². The first-order valence-corrected chi connectivity index (χ1v) is 4.76. The van der Waals surface area contributed by atoms with E-state index in [2.05, 4.69) is 13.8 Å². The number of carbonyl (C=O) groups is 2. The first-order valence-electron chi connectivity index (χ1n) is 4.76. The number of amides is 2. The van der Waals surface area contributed by atoms with Crippen molar-refractivity contribution in [2.75, 3.05) is 7.05 Å². The van der Waals surface area contributed by atoms with Gasteiger partial charge in [0.05, 0.1) is 5.92 Å². The Balaban J connectivity index is 2.75. The Kier molecular flexibility index (Phi) is 2.74. The monoisotopic (exact) mass is 183 g/mol. The Labute approximate surface area is 79.1 Å². The maximum atomic E-state index is 11.6. The Morgan fingerprint density at radius 2 is 1.85 bits per heavy atom. The highest BCUT2D eigenvalue weighted by atomic mass is 16.2. The molecule has 0 aliphatic carbocycles. The molecule has 3 nitrogen and oxygen atoms in total. The van der Waals surface area contributed by atoms with Crippen molar-refractivity contribution in [3.05, 3.63) is 0 Å². The Morgan fingerprint density at radius 3 is 2.15 bits per heavy atom. The third-order valence-electron chi connectivity index (χ3n) is 2.70. The number of carbonyl (C=O) groups excluding carboxylic acids is 2. The zero-order valence-corrected chi connectivity index (χ0v) is 8.70. The molecule has 1 fully saturated rings. The molecule has 0 radical (unpaired) electrons. The van der Waals surface area contributed by atoms with Crippen LogP contribution in [-0.4, -0.2) is 23.8 Å². The molecule has 2 amide bonds. The summed E-state index contributed by atoms with van der Waals surface area (Å²) in [6.07, 6.45) is 0.816. The minimum absolute atomic E-state index is 0.00815. The fraction of sp³-hybridized carbons (Fsp3) is 0.800. The van der Waals surface area contributed by atoms with E-state index in [9.17, 15) is 9.59 Å². The van der Waals surface area contributed by atoms with Gasteiger partial charge in [-0.05, 0) is 12.3 Å². The minimum Gasteiger partial charge on any atom is -0.285 e. The van der Waals surface area contributed by atoms with E-state index in [1.54, 1.807) is 7.05 Å². The predicted octanol–water partition coefficient (Wildman–Crippen LogP) is 1.28. The van der Waals surface area contributed by atoms with E-state index in [1.165, 1.54) is 4.90 Å². The lowest BCUT2D eigenvalue weighted by atomic mass is 9.89. The van der Waals surface area contributed by atoms with E-state index in [0.717, 1.165) is 6.42 Å². The molecule has 2 atom stereocenters. The maximum Gasteiger partial charge on any atom is 0.232 e. The average Bonchev–Trinajstić information content (AvgIpc) is 2.22. The molecule has 1 heterocycles. The largest absolute Gasteiger partial charge is 0.285 e. The number of hydrogen-bond donors (Lipinski definition) is 0. The van der Waals surface area contributed by atoms with Crippen molar-refractivity contribution in [1.29, 1.82) is 0 Å². The van der Waals surface area contributed by atoms with Gasteiger partial charge in [0.2, 0.25) is 11.8 Å². The van der Waals surface area contributed by atoms with Crippen LogP contribution in [0.25, 0.3) is 0 Å². The second-order valence-electron chi connectivity index (χ2n) is 4.26. The van der Waals surface area contributed by atoms with Crippen LogP contribution in [-0.2, 0) is 9.59 Å². The molecule has 0 saturated carbocycles. The first-order chi connectivity index (χ1) is 5.95. The van der Waals surface area contributed by atoms with Crippen LogP contribution in [0.1, 0.15) is 27.2 Å². The summed E-state index contributed by atoms with van der Waals surface area (Å²) in [7, 11) is 1.57. The van der Waals surface area contributed by atoms with E-state index in [1.807, 2.05) is 6.92 Å². The number of rotatable bonds is 2. The molecular formula is C10H17NO2. The van der Waals surface area contributed by atoms with Crippen molar-refractivity contribution in [1.82, 2.24) is 4.90 Å². The van der Waals surface area contributed by atoms with Crippen LogP contribution in [0, 0.1) is 17.8 Å². The van der Waals surface area contributed by atoms with Gasteiger partial charge in [-0.2, -0.15) is 0 Å². The average molecular weight is 183 g/mol. The number of likely N-dealkylation sites (tertiary alicyclic amines) is 1. The topological polar surface area (TPSA) is 37.4 Å². The molecule has 0 aromatic carbocycles. The molecule has 1 aliphatic rings. The Hall–Kier alpha value is -0.860. The van der Waals surface area contributed by atoms with Gasteiger partial charge >= 0.3 is 0 Å². The highest BCUT2D eigenvalue weighted by molar-refractivity contribution is 6.04. The minimum atomic E-state index is -0.125. The van der Waals surface area contributed by atoms with Gasteiger partial charge in [-0.1, -0.05) is 20.8 Å². The number of imide groups is 1. The molecule has 13 heavy (non-hydrogen) atoms. The second-order valence-corrected chi connectivity index (χ2v) is 4.26. The summed E-state index contributed by atoms with van der Waals surface area (Å²) < 4.78 is 0. The molecule has 0 aromatic heterocycles. The van der Waals surface area contributed by atoms with E-state index < -0.39 is 0 Å². The molecule has 1 aliphatic heterocycles. The highest BCUT2D eigenvalue weighted by Gasteiger charge is 2.42. The second kappa shape index (κ2) is 3.48. The van der Waals surface area contributed by atoms with Crippen molar-refractivity contribution in [2.24, 2.45) is 17.8 Å². The van der Waals surface area contributed by atoms with Crippen LogP contribution >= 0.6 is 0 Å². The van der Waals surface area contributed by atoms with E-state index in [-0.39, 0.29) is 23.7 Å². The highest BCUT2D eigenvalue weighted by Crippen LogP contribution is 2.29. The predicted molar refractivity (Wildman–Crippen MR) is 49.9 cm³/mol. The number of hydrogen-bond acceptors (Lipinski definition) is 2. The third kappa shape index (κ3) is 1.74. The molecule has 0 spiro atoms. The molecule has 74 valence electrons. The van der Waals surface area contributed by atoms with Crippen molar-refractivity contribution in [3.63, 3.8) is 0 Å². The summed E-state index contributed by atoms with van der Waals surface area (Å²) in [5.74, 6) is 0.218. The molecule has 0 aromatic rings. The van der Waals surface area contributed by atoms with E-state index >= 15 is 0 Å². The molecule has 0 N–H and O–H groups in total. The maximum absolute atomic E-state index is 11.6. The third-order valence-corrected chi connectivity index (χ3v) is 2.70. The van der Waals surface area contributed by atoms with Gasteiger partial charge in [0, 0.05) is 13.0 Å². The van der Waals surface area contributed by atoms with Crippen molar-refractivity contribution in [3.8, 4) is 0 Å². The van der Waals surface area contributed by atoms with Crippen LogP contribution in [0.4, 0.5) is 0 Å². The summed E-state index contributed by atoms with van der Waals surface area (Å²) in [4.78, 5) is 24.2. The van der Waals surface area contributed by atoms with Gasteiger partial charge in [-0.3, -0.25) is 14.5 Å². The lowest BCUT2D eigenvalue weighted by Gasteiger charge is -2.13. The fourth-order valence-electron chi connectivity index (χ4n) is 1.86. The van der Waals surface area contributed by atoms with Gasteiger partial charge in [-0.25, -0.2) is 0 Å². The summed E-state index contributed by atoms with van der Waals surface area (Å²) in [5.41, 5.74) is 0. The molecule has 3 heteroatoms. The van der Waals surface area contributed by atoms with E-state index in [0.29, 0.717) is 5.92 Å². The van der Waals surface area contributed by atoms with Gasteiger partial charge in [0.15, 0.2) is 0 Å². The molecule has 1 rings (SSSR count). The SMILES string of the molecule is CC(C)CC1C(=O)N(C)C(=O)C1C. The lowest BCUT2D eigenvalue weighted by molar-refractivity contribution is -0.138. The Morgan fingerprint density at radius 1 is 1.31 bits per heavy atom. The quantitative estimate of drug-likeness (QED) is 0.605. The van der Waals surface area contributed by atoms with Crippen molar-refractivity contribution in [2.45, 2.75) is 27.2 Å². The lowest BCUT2D eigenvalue weighted by Crippen LogP contribution is -2.26. The molecule has 2 unspecified atom stereocenters. The summed E-state index contributed by atoms with van der Waals surface area (Å²) in [6.45, 7) is 5.99. The smallest absolute Gasteiger partial charge is 0.232 e. The van der Waals surface area contributed by atoms with Gasteiger partial charge < -0.3 is 0 Å². The Bertz CT molecular complexity index is 235. The zero-order chi connectivity index (χ0) is 10.2. The standard InChI is InChI=1S/C10H17NO2/c1-6(2)5-8-7(3)9(12)11(4)10(8)13/h6-8H,5H2,1-4H3. The van der Waals surface area contributed by atoms with Crippen LogP contribution in [0.15, 0.2) is 0 Å². The molecule has 1 saturated heterocycles. The van der Waals surface area contributed by atoms with Gasteiger partial charge in [0.1, 0.15) is 0 Å². The summed E-state index contributed by atoms with van der Waals surface area (Å²) in [5, 5.41) is 0. The summed E-state index contributed by atoms with van der Waals surface area (Å²) >= 11 is 0. The van der Waals surface area contributed by atoms with Crippen LogP contribution in [0.5, 0.6) is 0 Å². The first kappa shape index (κ1) is 10.2. The van der Waals surface area contributed by atoms with Crippen LogP contribution in [0.2, 0.25) is 0 Å². The van der Waals surface area contributed by atoms with Crippen LogP contribution in [0.3, 0.4) is 0 Å². The van der Waals surface area contributed by atoms with Gasteiger partial charge in [-0.15, -0.1) is 0 Å². The van der Waals surface area contributed by atoms with Crippen molar-refractivity contribution >= 4 is 11.8 Å². The van der Waals surface area contributed by atoms with E-state index in [4.69, 9.17) is 0 Å². The fourth-order valence-corrected chi connectivity index (χ4v) is 1.86. The molecular weight excluding hydrogens is 166 g/mol. The number of nitrogens with zero attached hydrogens (tertiary/aromatic N) is 1. The van der Waals surface area contributed by atoms with Crippen molar-refractivity contribution < 1.29 is 9.59 Å². The summed E-state index contributed by atoms with van der Waals surface area (Å²) in [6, 6.07) is 0. The zero-order valence-electron chi connectivity index (χ0n) is 8.70. The van der Waals surface area contributed by atoms with Gasteiger partial charge in [0.25, 0.3) is 0 Å². The molecule has 0 bridgehead atoms.